The molecule has 4 heteroatoms. The number of unbranched alkanes of at least 4 members (excludes halogenated alkanes) is 15. The summed E-state index contributed by atoms with van der Waals surface area (Å²) in [4.78, 5) is 0. The number of rotatable bonds is 23. The van der Waals surface area contributed by atoms with Crippen molar-refractivity contribution in [1.29, 1.82) is 0 Å². The van der Waals surface area contributed by atoms with E-state index in [1.807, 2.05) is 0 Å². The highest BCUT2D eigenvalue weighted by Crippen LogP contribution is 2.14. The minimum atomic E-state index is -0.216. The standard InChI is InChI=1S/C25H56NOSi.ClH/c1-5-7-8-9-10-11-12-13-14-15-16-17-18-19-20-21-23-26(3,4)24-22-25-28-27-6-2;/h5-25,28H2,1-4H3;1H/q+1;/p-1. The van der Waals surface area contributed by atoms with Crippen molar-refractivity contribution in [2.75, 3.05) is 33.8 Å². The molecule has 0 aromatic heterocycles. The van der Waals surface area contributed by atoms with E-state index in [-0.39, 0.29) is 22.2 Å². The lowest BCUT2D eigenvalue weighted by Gasteiger charge is -2.30. The van der Waals surface area contributed by atoms with Crippen molar-refractivity contribution in [3.63, 3.8) is 0 Å². The number of quaternary nitrogens is 1. The Hall–Kier alpha value is 0.427. The number of nitrogens with zero attached hydrogens (tertiary/aromatic N) is 1. The topological polar surface area (TPSA) is 9.23 Å². The van der Waals surface area contributed by atoms with Gasteiger partial charge in [0, 0.05) is 6.61 Å². The van der Waals surface area contributed by atoms with Gasteiger partial charge in [-0.3, -0.25) is 0 Å². The van der Waals surface area contributed by atoms with E-state index in [2.05, 4.69) is 27.9 Å². The van der Waals surface area contributed by atoms with Gasteiger partial charge >= 0.3 is 0 Å². The summed E-state index contributed by atoms with van der Waals surface area (Å²) in [5, 5.41) is 0. The van der Waals surface area contributed by atoms with Crippen LogP contribution < -0.4 is 12.4 Å². The van der Waals surface area contributed by atoms with Crippen LogP contribution in [0.3, 0.4) is 0 Å². The van der Waals surface area contributed by atoms with Crippen LogP contribution >= 0.6 is 0 Å². The van der Waals surface area contributed by atoms with Crippen molar-refractivity contribution in [3.05, 3.63) is 0 Å². The molecular weight excluding hydrogens is 394 g/mol. The molecule has 0 bridgehead atoms. The molecule has 0 fully saturated rings. The first kappa shape index (κ1) is 31.6. The molecule has 0 saturated heterocycles. The molecule has 29 heavy (non-hydrogen) atoms. The monoisotopic (exact) mass is 449 g/mol. The quantitative estimate of drug-likeness (QED) is 0.129. The third-order valence-corrected chi connectivity index (χ3v) is 7.61. The zero-order chi connectivity index (χ0) is 20.8. The van der Waals surface area contributed by atoms with Crippen LogP contribution in [-0.4, -0.2) is 48.0 Å². The van der Waals surface area contributed by atoms with Crippen LogP contribution in [0.1, 0.15) is 123 Å². The van der Waals surface area contributed by atoms with Crippen molar-refractivity contribution < 1.29 is 21.3 Å². The van der Waals surface area contributed by atoms with Crippen molar-refractivity contribution in [1.82, 2.24) is 0 Å². The van der Waals surface area contributed by atoms with Crippen LogP contribution in [0.5, 0.6) is 0 Å². The smallest absolute Gasteiger partial charge is 0.161 e. The van der Waals surface area contributed by atoms with Gasteiger partial charge in [-0.05, 0) is 32.2 Å². The number of hydrogen-bond acceptors (Lipinski definition) is 1. The fraction of sp³-hybridized carbons (Fsp3) is 1.00. The summed E-state index contributed by atoms with van der Waals surface area (Å²) in [7, 11) is 4.60. The lowest BCUT2D eigenvalue weighted by Crippen LogP contribution is -3.00. The molecule has 0 aromatic carbocycles. The van der Waals surface area contributed by atoms with Gasteiger partial charge in [-0.1, -0.05) is 96.8 Å². The summed E-state index contributed by atoms with van der Waals surface area (Å²) in [5.74, 6) is 0. The molecule has 0 atom stereocenters. The van der Waals surface area contributed by atoms with Gasteiger partial charge in [-0.15, -0.1) is 0 Å². The molecule has 0 aliphatic carbocycles. The van der Waals surface area contributed by atoms with Crippen molar-refractivity contribution in [2.45, 2.75) is 129 Å². The molecule has 0 amide bonds. The van der Waals surface area contributed by atoms with Gasteiger partial charge < -0.3 is 21.3 Å². The summed E-state index contributed by atoms with van der Waals surface area (Å²) < 4.78 is 6.78. The molecule has 0 aliphatic heterocycles. The Balaban J connectivity index is 0. The summed E-state index contributed by atoms with van der Waals surface area (Å²) in [6.45, 7) is 8.02. The third kappa shape index (κ3) is 26.4. The normalized spacial score (nSPS) is 12.0. The molecule has 0 radical (unpaired) electrons. The van der Waals surface area contributed by atoms with Gasteiger partial charge in [0.2, 0.25) is 0 Å². The van der Waals surface area contributed by atoms with Crippen LogP contribution in [0.4, 0.5) is 0 Å². The minimum Gasteiger partial charge on any atom is -1.00 e. The van der Waals surface area contributed by atoms with E-state index in [1.165, 1.54) is 133 Å². The van der Waals surface area contributed by atoms with Gasteiger partial charge in [0.25, 0.3) is 0 Å². The Morgan fingerprint density at radius 1 is 0.552 bits per heavy atom. The Morgan fingerprint density at radius 3 is 1.34 bits per heavy atom. The summed E-state index contributed by atoms with van der Waals surface area (Å²) >= 11 is 0. The predicted molar refractivity (Wildman–Crippen MR) is 131 cm³/mol. The lowest BCUT2D eigenvalue weighted by molar-refractivity contribution is -0.890. The summed E-state index contributed by atoms with van der Waals surface area (Å²) in [6.07, 6.45) is 24.7. The van der Waals surface area contributed by atoms with Crippen LogP contribution in [0.15, 0.2) is 0 Å². The molecular formula is C25H56ClNOSi. The van der Waals surface area contributed by atoms with E-state index in [0.29, 0.717) is 0 Å². The first-order chi connectivity index (χ1) is 13.6. The molecule has 0 rings (SSSR count). The third-order valence-electron chi connectivity index (χ3n) is 6.12. The Bertz CT molecular complexity index is 303. The van der Waals surface area contributed by atoms with E-state index in [1.54, 1.807) is 0 Å². The molecule has 0 aromatic rings. The zero-order valence-corrected chi connectivity index (χ0v) is 23.0. The summed E-state index contributed by atoms with van der Waals surface area (Å²) in [5.41, 5.74) is 0. The predicted octanol–water partition coefficient (Wildman–Crippen LogP) is 4.26. The average Bonchev–Trinajstić information content (AvgIpc) is 2.67. The van der Waals surface area contributed by atoms with E-state index < -0.39 is 0 Å². The van der Waals surface area contributed by atoms with Gasteiger partial charge in [0.05, 0.1) is 27.2 Å². The molecule has 0 N–H and O–H groups in total. The van der Waals surface area contributed by atoms with Gasteiger partial charge in [0.15, 0.2) is 9.76 Å². The minimum absolute atomic E-state index is 0. The lowest BCUT2D eigenvalue weighted by atomic mass is 10.0. The van der Waals surface area contributed by atoms with E-state index >= 15 is 0 Å². The van der Waals surface area contributed by atoms with Crippen LogP contribution in [0, 0.1) is 0 Å². The van der Waals surface area contributed by atoms with Crippen LogP contribution in [0.2, 0.25) is 6.04 Å². The first-order valence-corrected chi connectivity index (χ1v) is 14.6. The van der Waals surface area contributed by atoms with Crippen LogP contribution in [-0.2, 0) is 4.43 Å². The van der Waals surface area contributed by atoms with Gasteiger partial charge in [-0.2, -0.15) is 0 Å². The van der Waals surface area contributed by atoms with Crippen molar-refractivity contribution in [3.8, 4) is 0 Å². The highest BCUT2D eigenvalue weighted by atomic mass is 35.5. The Labute approximate surface area is 193 Å². The maximum atomic E-state index is 5.57. The Morgan fingerprint density at radius 2 is 0.931 bits per heavy atom. The molecule has 0 spiro atoms. The van der Waals surface area contributed by atoms with Gasteiger partial charge in [-0.25, -0.2) is 0 Å². The zero-order valence-electron chi connectivity index (χ0n) is 20.8. The highest BCUT2D eigenvalue weighted by Gasteiger charge is 2.13. The van der Waals surface area contributed by atoms with Gasteiger partial charge in [0.1, 0.15) is 0 Å². The molecule has 0 heterocycles. The van der Waals surface area contributed by atoms with E-state index in [0.717, 1.165) is 6.61 Å². The maximum Gasteiger partial charge on any atom is 0.161 e. The average molecular weight is 450 g/mol. The second kappa shape index (κ2) is 24.7. The van der Waals surface area contributed by atoms with E-state index in [9.17, 15) is 0 Å². The molecule has 2 nitrogen and oxygen atoms in total. The summed E-state index contributed by atoms with van der Waals surface area (Å²) in [6, 6.07) is 1.36. The second-order valence-electron chi connectivity index (χ2n) is 9.59. The fourth-order valence-corrected chi connectivity index (χ4v) is 5.01. The SMILES string of the molecule is CCCCCCCCCCCCCCCCCC[N+](C)(C)CCC[SiH2]OCC.[Cl-]. The Kier molecular flexibility index (Phi) is 26.9. The molecule has 178 valence electrons. The maximum absolute atomic E-state index is 5.57. The van der Waals surface area contributed by atoms with Crippen LogP contribution in [0.25, 0.3) is 0 Å². The second-order valence-corrected chi connectivity index (χ2v) is 11.1. The number of hydrogen-bond donors (Lipinski definition) is 0. The first-order valence-electron chi connectivity index (χ1n) is 13.0. The largest absolute Gasteiger partial charge is 1.00 e. The molecule has 0 saturated carbocycles. The van der Waals surface area contributed by atoms with E-state index in [4.69, 9.17) is 4.43 Å². The fourth-order valence-electron chi connectivity index (χ4n) is 4.09. The number of halogens is 1. The molecule has 0 aliphatic rings. The highest BCUT2D eigenvalue weighted by molar-refractivity contribution is 6.26. The molecule has 0 unspecified atom stereocenters. The van der Waals surface area contributed by atoms with Crippen molar-refractivity contribution in [2.24, 2.45) is 0 Å². The van der Waals surface area contributed by atoms with Crippen molar-refractivity contribution >= 4 is 9.76 Å².